The number of carbonyl (C=O) groups is 1. The van der Waals surface area contributed by atoms with Crippen molar-refractivity contribution in [2.45, 2.75) is 44.9 Å². The third kappa shape index (κ3) is 5.63. The van der Waals surface area contributed by atoms with Gasteiger partial charge in [-0.15, -0.1) is 0 Å². The molecule has 4 rings (SSSR count). The lowest BCUT2D eigenvalue weighted by atomic mass is 10.1. The second-order valence-corrected chi connectivity index (χ2v) is 8.61. The first-order valence-electron chi connectivity index (χ1n) is 11.3. The molecule has 1 saturated carbocycles. The van der Waals surface area contributed by atoms with Gasteiger partial charge >= 0.3 is 0 Å². The van der Waals surface area contributed by atoms with Crippen molar-refractivity contribution in [2.24, 2.45) is 5.92 Å². The van der Waals surface area contributed by atoms with Gasteiger partial charge < -0.3 is 19.4 Å². The fraction of sp³-hybridized carbons (Fsp3) is 0.696. The van der Waals surface area contributed by atoms with E-state index in [1.165, 1.54) is 50.9 Å². The van der Waals surface area contributed by atoms with Crippen molar-refractivity contribution in [1.29, 1.82) is 0 Å². The minimum absolute atomic E-state index is 0.357. The monoisotopic (exact) mass is 385 g/mol. The van der Waals surface area contributed by atoms with Gasteiger partial charge in [-0.3, -0.25) is 4.79 Å². The molecule has 0 atom stereocenters. The van der Waals surface area contributed by atoms with Crippen molar-refractivity contribution in [3.63, 3.8) is 0 Å². The Hall–Kier alpha value is -1.75. The maximum absolute atomic E-state index is 12.3. The highest BCUT2D eigenvalue weighted by molar-refractivity contribution is 5.77. The molecule has 2 saturated heterocycles. The van der Waals surface area contributed by atoms with Gasteiger partial charge in [0.2, 0.25) is 5.91 Å². The number of piperazine rings is 1. The van der Waals surface area contributed by atoms with Crippen molar-refractivity contribution in [3.8, 4) is 5.75 Å². The molecule has 1 aliphatic carbocycles. The zero-order chi connectivity index (χ0) is 19.2. The number of carbonyl (C=O) groups excluding carboxylic acids is 1. The molecule has 1 amide bonds. The van der Waals surface area contributed by atoms with Crippen molar-refractivity contribution in [3.05, 3.63) is 24.3 Å². The molecule has 3 aliphatic rings. The molecule has 0 radical (unpaired) electrons. The SMILES string of the molecule is O=C(CC1CC1)N1CCN(c2ccc(OCCCN3CCCCC3)cc2)CC1. The van der Waals surface area contributed by atoms with Gasteiger partial charge in [0.1, 0.15) is 5.75 Å². The summed E-state index contributed by atoms with van der Waals surface area (Å²) >= 11 is 0. The largest absolute Gasteiger partial charge is 0.494 e. The van der Waals surface area contributed by atoms with E-state index in [4.69, 9.17) is 4.74 Å². The van der Waals surface area contributed by atoms with Crippen LogP contribution in [0, 0.1) is 5.92 Å². The molecular weight excluding hydrogens is 350 g/mol. The number of likely N-dealkylation sites (tertiary alicyclic amines) is 1. The smallest absolute Gasteiger partial charge is 0.222 e. The number of hydrogen-bond acceptors (Lipinski definition) is 4. The van der Waals surface area contributed by atoms with Gasteiger partial charge in [-0.05, 0) is 75.4 Å². The topological polar surface area (TPSA) is 36.0 Å². The summed E-state index contributed by atoms with van der Waals surface area (Å²) in [6, 6.07) is 8.48. The number of rotatable bonds is 8. The van der Waals surface area contributed by atoms with Crippen LogP contribution in [0.3, 0.4) is 0 Å². The molecule has 5 heteroatoms. The molecule has 0 unspecified atom stereocenters. The van der Waals surface area contributed by atoms with Crippen molar-refractivity contribution in [1.82, 2.24) is 9.80 Å². The van der Waals surface area contributed by atoms with Gasteiger partial charge in [-0.2, -0.15) is 0 Å². The summed E-state index contributed by atoms with van der Waals surface area (Å²) in [4.78, 5) is 19.2. The maximum atomic E-state index is 12.3. The molecule has 0 bridgehead atoms. The zero-order valence-corrected chi connectivity index (χ0v) is 17.2. The van der Waals surface area contributed by atoms with Crippen LogP contribution in [-0.4, -0.2) is 68.1 Å². The number of piperidine rings is 1. The molecule has 2 aliphatic heterocycles. The first kappa shape index (κ1) is 19.6. The molecule has 0 N–H and O–H groups in total. The molecule has 28 heavy (non-hydrogen) atoms. The molecule has 0 aromatic heterocycles. The van der Waals surface area contributed by atoms with Crippen LogP contribution in [0.25, 0.3) is 0 Å². The number of hydrogen-bond donors (Lipinski definition) is 0. The van der Waals surface area contributed by atoms with E-state index in [1.807, 2.05) is 0 Å². The lowest BCUT2D eigenvalue weighted by Gasteiger charge is -2.36. The summed E-state index contributed by atoms with van der Waals surface area (Å²) in [5.41, 5.74) is 1.23. The van der Waals surface area contributed by atoms with Crippen LogP contribution in [0.4, 0.5) is 5.69 Å². The van der Waals surface area contributed by atoms with Gasteiger partial charge in [-0.1, -0.05) is 6.42 Å². The minimum Gasteiger partial charge on any atom is -0.494 e. The number of ether oxygens (including phenoxy) is 1. The molecule has 5 nitrogen and oxygen atoms in total. The van der Waals surface area contributed by atoms with Crippen LogP contribution in [0.15, 0.2) is 24.3 Å². The lowest BCUT2D eigenvalue weighted by Crippen LogP contribution is -2.48. The standard InChI is InChI=1S/C23H35N3O2/c27-23(19-20-5-6-20)26-16-14-25(15-17-26)21-7-9-22(10-8-21)28-18-4-13-24-11-2-1-3-12-24/h7-10,20H,1-6,11-19H2. The van der Waals surface area contributed by atoms with E-state index < -0.39 is 0 Å². The van der Waals surface area contributed by atoms with E-state index in [0.717, 1.165) is 57.9 Å². The molecule has 1 aromatic rings. The predicted octanol–water partition coefficient (Wildman–Crippen LogP) is 3.39. The average Bonchev–Trinajstić information content (AvgIpc) is 3.57. The van der Waals surface area contributed by atoms with E-state index in [1.54, 1.807) is 0 Å². The summed E-state index contributed by atoms with van der Waals surface area (Å²) < 4.78 is 5.93. The van der Waals surface area contributed by atoms with E-state index in [2.05, 4.69) is 39.0 Å². The summed E-state index contributed by atoms with van der Waals surface area (Å²) in [6.07, 6.45) is 8.46. The molecule has 0 spiro atoms. The number of benzene rings is 1. The summed E-state index contributed by atoms with van der Waals surface area (Å²) in [6.45, 7) is 8.00. The van der Waals surface area contributed by atoms with E-state index in [-0.39, 0.29) is 0 Å². The number of nitrogens with zero attached hydrogens (tertiary/aromatic N) is 3. The quantitative estimate of drug-likeness (QED) is 0.643. The van der Waals surface area contributed by atoms with Gasteiger partial charge in [0.15, 0.2) is 0 Å². The highest BCUT2D eigenvalue weighted by Gasteiger charge is 2.28. The van der Waals surface area contributed by atoms with Crippen LogP contribution < -0.4 is 9.64 Å². The molecule has 154 valence electrons. The van der Waals surface area contributed by atoms with Crippen LogP contribution in [0.2, 0.25) is 0 Å². The Morgan fingerprint density at radius 1 is 0.929 bits per heavy atom. The Labute approximate surface area is 169 Å². The van der Waals surface area contributed by atoms with Crippen molar-refractivity contribution in [2.75, 3.05) is 57.3 Å². The van der Waals surface area contributed by atoms with E-state index in [9.17, 15) is 4.79 Å². The fourth-order valence-corrected chi connectivity index (χ4v) is 4.33. The Morgan fingerprint density at radius 3 is 2.32 bits per heavy atom. The number of anilines is 1. The molecule has 3 fully saturated rings. The van der Waals surface area contributed by atoms with Crippen molar-refractivity contribution < 1.29 is 9.53 Å². The summed E-state index contributed by atoms with van der Waals surface area (Å²) in [5.74, 6) is 1.99. The normalized spacial score (nSPS) is 21.0. The van der Waals surface area contributed by atoms with Crippen molar-refractivity contribution >= 4 is 11.6 Å². The van der Waals surface area contributed by atoms with Crippen LogP contribution in [-0.2, 0) is 4.79 Å². The predicted molar refractivity (Wildman–Crippen MR) is 113 cm³/mol. The van der Waals surface area contributed by atoms with Crippen LogP contribution >= 0.6 is 0 Å². The lowest BCUT2D eigenvalue weighted by molar-refractivity contribution is -0.131. The second kappa shape index (κ2) is 9.64. The first-order chi connectivity index (χ1) is 13.8. The van der Waals surface area contributed by atoms with E-state index in [0.29, 0.717) is 11.8 Å². The highest BCUT2D eigenvalue weighted by Crippen LogP contribution is 2.33. The minimum atomic E-state index is 0.357. The third-order valence-corrected chi connectivity index (χ3v) is 6.33. The highest BCUT2D eigenvalue weighted by atomic mass is 16.5. The Balaban J connectivity index is 1.15. The van der Waals surface area contributed by atoms with E-state index >= 15 is 0 Å². The van der Waals surface area contributed by atoms with Crippen LogP contribution in [0.1, 0.15) is 44.9 Å². The van der Waals surface area contributed by atoms with Gasteiger partial charge in [0.05, 0.1) is 6.61 Å². The third-order valence-electron chi connectivity index (χ3n) is 6.33. The molecule has 1 aromatic carbocycles. The van der Waals surface area contributed by atoms with Gasteiger partial charge in [-0.25, -0.2) is 0 Å². The van der Waals surface area contributed by atoms with Gasteiger partial charge in [0.25, 0.3) is 0 Å². The Bertz CT molecular complexity index is 615. The van der Waals surface area contributed by atoms with Crippen LogP contribution in [0.5, 0.6) is 5.75 Å². The second-order valence-electron chi connectivity index (χ2n) is 8.61. The molecule has 2 heterocycles. The Morgan fingerprint density at radius 2 is 1.64 bits per heavy atom. The first-order valence-corrected chi connectivity index (χ1v) is 11.3. The summed E-state index contributed by atoms with van der Waals surface area (Å²) in [7, 11) is 0. The average molecular weight is 386 g/mol. The van der Waals surface area contributed by atoms with Gasteiger partial charge in [0, 0.05) is 44.8 Å². The molecular formula is C23H35N3O2. The zero-order valence-electron chi connectivity index (χ0n) is 17.2. The Kier molecular flexibility index (Phi) is 6.73. The summed E-state index contributed by atoms with van der Waals surface area (Å²) in [5, 5.41) is 0. The maximum Gasteiger partial charge on any atom is 0.222 e. The number of amides is 1. The fourth-order valence-electron chi connectivity index (χ4n) is 4.33.